The van der Waals surface area contributed by atoms with Gasteiger partial charge in [0.2, 0.25) is 5.91 Å². The summed E-state index contributed by atoms with van der Waals surface area (Å²) in [6, 6.07) is 5.30. The maximum absolute atomic E-state index is 12.0. The Morgan fingerprint density at radius 1 is 1.48 bits per heavy atom. The summed E-state index contributed by atoms with van der Waals surface area (Å²) >= 11 is 11.9. The molecule has 2 rings (SSSR count). The van der Waals surface area contributed by atoms with Crippen LogP contribution in [-0.4, -0.2) is 36.5 Å². The van der Waals surface area contributed by atoms with Crippen molar-refractivity contribution in [2.75, 3.05) is 25.0 Å². The van der Waals surface area contributed by atoms with Crippen LogP contribution >= 0.6 is 23.2 Å². The summed E-state index contributed by atoms with van der Waals surface area (Å²) < 4.78 is 0. The summed E-state index contributed by atoms with van der Waals surface area (Å²) in [7, 11) is 0. The fourth-order valence-electron chi connectivity index (χ4n) is 2.52. The zero-order chi connectivity index (χ0) is 15.4. The van der Waals surface area contributed by atoms with Gasteiger partial charge in [-0.25, -0.2) is 0 Å². The monoisotopic (exact) mass is 329 g/mol. The van der Waals surface area contributed by atoms with E-state index in [4.69, 9.17) is 28.9 Å². The molecule has 0 aromatic heterocycles. The number of halogens is 2. The molecular weight excluding hydrogens is 309 g/mol. The Balaban J connectivity index is 1.81. The standard InChI is InChI=1S/C15H21Cl2N3O/c1-10-9-20(6-4-13(10)18)7-5-15(21)19-14-8-11(16)2-3-12(14)17/h2-3,8,10,13H,4-7,9,18H2,1H3,(H,19,21). The molecule has 1 saturated heterocycles. The SMILES string of the molecule is CC1CN(CCC(=O)Nc2cc(Cl)ccc2Cl)CCC1N. The molecule has 1 amide bonds. The third-order valence-electron chi connectivity index (χ3n) is 3.91. The first-order valence-corrected chi connectivity index (χ1v) is 7.94. The number of carbonyl (C=O) groups excluding carboxylic acids is 1. The predicted molar refractivity (Wildman–Crippen MR) is 87.9 cm³/mol. The van der Waals surface area contributed by atoms with Crippen molar-refractivity contribution in [3.05, 3.63) is 28.2 Å². The lowest BCUT2D eigenvalue weighted by atomic mass is 9.95. The third-order valence-corrected chi connectivity index (χ3v) is 4.48. The van der Waals surface area contributed by atoms with Gasteiger partial charge in [-0.05, 0) is 37.1 Å². The molecule has 21 heavy (non-hydrogen) atoms. The van der Waals surface area contributed by atoms with Gasteiger partial charge in [0, 0.05) is 30.6 Å². The van der Waals surface area contributed by atoms with Crippen molar-refractivity contribution in [3.63, 3.8) is 0 Å². The lowest BCUT2D eigenvalue weighted by Gasteiger charge is -2.34. The molecule has 3 N–H and O–H groups in total. The number of carbonyl (C=O) groups is 1. The van der Waals surface area contributed by atoms with Crippen molar-refractivity contribution in [1.29, 1.82) is 0 Å². The molecule has 4 nitrogen and oxygen atoms in total. The first kappa shape index (κ1) is 16.6. The highest BCUT2D eigenvalue weighted by atomic mass is 35.5. The van der Waals surface area contributed by atoms with Crippen molar-refractivity contribution < 1.29 is 4.79 Å². The lowest BCUT2D eigenvalue weighted by Crippen LogP contribution is -2.46. The molecule has 0 radical (unpaired) electrons. The highest BCUT2D eigenvalue weighted by molar-refractivity contribution is 6.35. The van der Waals surface area contributed by atoms with Gasteiger partial charge >= 0.3 is 0 Å². The van der Waals surface area contributed by atoms with Gasteiger partial charge in [0.15, 0.2) is 0 Å². The molecule has 0 aliphatic carbocycles. The van der Waals surface area contributed by atoms with E-state index in [1.165, 1.54) is 0 Å². The number of amides is 1. The number of anilines is 1. The summed E-state index contributed by atoms with van der Waals surface area (Å²) in [5.74, 6) is 0.422. The molecule has 0 saturated carbocycles. The van der Waals surface area contributed by atoms with Gasteiger partial charge in [0.05, 0.1) is 10.7 Å². The maximum Gasteiger partial charge on any atom is 0.225 e. The van der Waals surface area contributed by atoms with E-state index in [-0.39, 0.29) is 11.9 Å². The molecule has 0 bridgehead atoms. The molecule has 1 aliphatic rings. The third kappa shape index (κ3) is 4.85. The van der Waals surface area contributed by atoms with Crippen LogP contribution in [0.5, 0.6) is 0 Å². The molecular formula is C15H21Cl2N3O. The van der Waals surface area contributed by atoms with Crippen LogP contribution in [0.25, 0.3) is 0 Å². The number of piperidine rings is 1. The van der Waals surface area contributed by atoms with Crippen LogP contribution in [0, 0.1) is 5.92 Å². The Bertz CT molecular complexity index is 510. The molecule has 1 fully saturated rings. The van der Waals surface area contributed by atoms with Gasteiger partial charge in [-0.15, -0.1) is 0 Å². The largest absolute Gasteiger partial charge is 0.327 e. The fraction of sp³-hybridized carbons (Fsp3) is 0.533. The zero-order valence-electron chi connectivity index (χ0n) is 12.1. The highest BCUT2D eigenvalue weighted by Gasteiger charge is 2.23. The van der Waals surface area contributed by atoms with Crippen LogP contribution in [0.4, 0.5) is 5.69 Å². The second-order valence-electron chi connectivity index (χ2n) is 5.65. The van der Waals surface area contributed by atoms with E-state index in [0.29, 0.717) is 28.1 Å². The quantitative estimate of drug-likeness (QED) is 0.892. The Labute approximate surface area is 135 Å². The Hall–Kier alpha value is -0.810. The highest BCUT2D eigenvalue weighted by Crippen LogP contribution is 2.25. The molecule has 1 aromatic rings. The minimum absolute atomic E-state index is 0.0540. The summed E-state index contributed by atoms with van der Waals surface area (Å²) in [5, 5.41) is 3.84. The van der Waals surface area contributed by atoms with E-state index in [9.17, 15) is 4.79 Å². The van der Waals surface area contributed by atoms with Crippen LogP contribution in [0.15, 0.2) is 18.2 Å². The smallest absolute Gasteiger partial charge is 0.225 e. The van der Waals surface area contributed by atoms with Crippen molar-refractivity contribution in [3.8, 4) is 0 Å². The summed E-state index contributed by atoms with van der Waals surface area (Å²) in [5.41, 5.74) is 6.55. The zero-order valence-corrected chi connectivity index (χ0v) is 13.6. The number of nitrogens with two attached hydrogens (primary N) is 1. The lowest BCUT2D eigenvalue weighted by molar-refractivity contribution is -0.116. The van der Waals surface area contributed by atoms with Crippen LogP contribution in [0.1, 0.15) is 19.8 Å². The average Bonchev–Trinajstić information content (AvgIpc) is 2.44. The number of hydrogen-bond donors (Lipinski definition) is 2. The fourth-order valence-corrected chi connectivity index (χ4v) is 2.86. The van der Waals surface area contributed by atoms with Crippen molar-refractivity contribution in [2.45, 2.75) is 25.8 Å². The van der Waals surface area contributed by atoms with Gasteiger partial charge in [-0.2, -0.15) is 0 Å². The number of nitrogens with zero attached hydrogens (tertiary/aromatic N) is 1. The summed E-state index contributed by atoms with van der Waals surface area (Å²) in [6.45, 7) is 4.80. The Morgan fingerprint density at radius 3 is 2.95 bits per heavy atom. The first-order valence-electron chi connectivity index (χ1n) is 7.18. The number of nitrogens with one attached hydrogen (secondary N) is 1. The van der Waals surface area contributed by atoms with E-state index < -0.39 is 0 Å². The van der Waals surface area contributed by atoms with E-state index in [0.717, 1.165) is 26.1 Å². The van der Waals surface area contributed by atoms with Gasteiger partial charge < -0.3 is 16.0 Å². The molecule has 2 atom stereocenters. The molecule has 6 heteroatoms. The van der Waals surface area contributed by atoms with Crippen LogP contribution in [0.3, 0.4) is 0 Å². The average molecular weight is 330 g/mol. The van der Waals surface area contributed by atoms with E-state index in [2.05, 4.69) is 17.1 Å². The van der Waals surface area contributed by atoms with Crippen LogP contribution in [0.2, 0.25) is 10.0 Å². The molecule has 1 heterocycles. The molecule has 2 unspecified atom stereocenters. The minimum Gasteiger partial charge on any atom is -0.327 e. The first-order chi connectivity index (χ1) is 9.95. The molecule has 1 aliphatic heterocycles. The topological polar surface area (TPSA) is 58.4 Å². The molecule has 0 spiro atoms. The predicted octanol–water partition coefficient (Wildman–Crippen LogP) is 2.99. The van der Waals surface area contributed by atoms with E-state index >= 15 is 0 Å². The second-order valence-corrected chi connectivity index (χ2v) is 6.50. The van der Waals surface area contributed by atoms with Gasteiger partial charge in [-0.3, -0.25) is 4.79 Å². The van der Waals surface area contributed by atoms with Crippen LogP contribution in [-0.2, 0) is 4.79 Å². The van der Waals surface area contributed by atoms with Crippen molar-refractivity contribution in [2.24, 2.45) is 11.7 Å². The van der Waals surface area contributed by atoms with E-state index in [1.54, 1.807) is 18.2 Å². The van der Waals surface area contributed by atoms with E-state index in [1.807, 2.05) is 0 Å². The van der Waals surface area contributed by atoms with Crippen molar-refractivity contribution in [1.82, 2.24) is 4.90 Å². The second kappa shape index (κ2) is 7.45. The molecule has 116 valence electrons. The summed E-state index contributed by atoms with van der Waals surface area (Å²) in [6.07, 6.45) is 1.42. The number of likely N-dealkylation sites (tertiary alicyclic amines) is 1. The van der Waals surface area contributed by atoms with Crippen molar-refractivity contribution >= 4 is 34.8 Å². The summed E-state index contributed by atoms with van der Waals surface area (Å²) in [4.78, 5) is 14.3. The normalized spacial score (nSPS) is 23.0. The number of rotatable bonds is 4. The number of benzene rings is 1. The van der Waals surface area contributed by atoms with Gasteiger partial charge in [-0.1, -0.05) is 30.1 Å². The Kier molecular flexibility index (Phi) is 5.88. The van der Waals surface area contributed by atoms with Crippen LogP contribution < -0.4 is 11.1 Å². The van der Waals surface area contributed by atoms with Gasteiger partial charge in [0.25, 0.3) is 0 Å². The molecule has 1 aromatic carbocycles. The maximum atomic E-state index is 12.0. The van der Waals surface area contributed by atoms with Gasteiger partial charge in [0.1, 0.15) is 0 Å². The minimum atomic E-state index is -0.0540. The Morgan fingerprint density at radius 2 is 2.24 bits per heavy atom. The number of hydrogen-bond acceptors (Lipinski definition) is 3.